The molecule has 27 heavy (non-hydrogen) atoms. The van der Waals surface area contributed by atoms with Gasteiger partial charge in [0.2, 0.25) is 0 Å². The molecule has 0 radical (unpaired) electrons. The monoisotopic (exact) mass is 391 g/mol. The third-order valence-corrected chi connectivity index (χ3v) is 4.14. The minimum atomic E-state index is -0.973. The number of anilines is 1. The average Bonchev–Trinajstić information content (AvgIpc) is 2.68. The van der Waals surface area contributed by atoms with Crippen LogP contribution < -0.4 is 14.4 Å². The van der Waals surface area contributed by atoms with Gasteiger partial charge in [0.15, 0.2) is 17.6 Å². The van der Waals surface area contributed by atoms with E-state index in [1.54, 1.807) is 19.2 Å². The lowest BCUT2D eigenvalue weighted by Gasteiger charge is -2.21. The number of benzene rings is 2. The van der Waals surface area contributed by atoms with E-state index in [2.05, 4.69) is 0 Å². The van der Waals surface area contributed by atoms with Gasteiger partial charge >= 0.3 is 5.97 Å². The third kappa shape index (κ3) is 4.92. The lowest BCUT2D eigenvalue weighted by Crippen LogP contribution is -2.37. The van der Waals surface area contributed by atoms with Crippen molar-refractivity contribution in [1.29, 1.82) is 0 Å². The number of rotatable bonds is 7. The Morgan fingerprint density at radius 1 is 1.19 bits per heavy atom. The summed E-state index contributed by atoms with van der Waals surface area (Å²) in [6.45, 7) is 3.73. The summed E-state index contributed by atoms with van der Waals surface area (Å²) in [5.41, 5.74) is 0.874. The van der Waals surface area contributed by atoms with Crippen molar-refractivity contribution in [3.63, 3.8) is 0 Å². The predicted octanol–water partition coefficient (Wildman–Crippen LogP) is 3.96. The van der Waals surface area contributed by atoms with E-state index in [9.17, 15) is 9.59 Å². The Morgan fingerprint density at radius 3 is 2.44 bits per heavy atom. The number of carbonyl (C=O) groups is 2. The maximum atomic E-state index is 12.5. The summed E-state index contributed by atoms with van der Waals surface area (Å²) < 4.78 is 16.0. The zero-order chi connectivity index (χ0) is 20.0. The highest BCUT2D eigenvalue weighted by Gasteiger charge is 2.24. The molecule has 0 fully saturated rings. The van der Waals surface area contributed by atoms with Gasteiger partial charge in [0.05, 0.1) is 24.3 Å². The highest BCUT2D eigenvalue weighted by atomic mass is 35.5. The number of esters is 1. The molecule has 0 spiro atoms. The number of halogens is 1. The summed E-state index contributed by atoms with van der Waals surface area (Å²) in [7, 11) is 3.07. The van der Waals surface area contributed by atoms with Gasteiger partial charge in [-0.05, 0) is 38.1 Å². The van der Waals surface area contributed by atoms with Crippen LogP contribution >= 0.6 is 11.6 Å². The van der Waals surface area contributed by atoms with E-state index in [0.717, 1.165) is 0 Å². The fourth-order valence-corrected chi connectivity index (χ4v) is 2.72. The average molecular weight is 392 g/mol. The van der Waals surface area contributed by atoms with Gasteiger partial charge in [-0.15, -0.1) is 0 Å². The van der Waals surface area contributed by atoms with Crippen LogP contribution in [0.1, 0.15) is 24.2 Å². The number of hydrogen-bond donors (Lipinski definition) is 0. The van der Waals surface area contributed by atoms with Crippen LogP contribution in [0.25, 0.3) is 0 Å². The largest absolute Gasteiger partial charge is 0.493 e. The molecule has 0 heterocycles. The normalized spacial score (nSPS) is 11.4. The first-order chi connectivity index (χ1) is 12.9. The molecule has 0 aromatic heterocycles. The van der Waals surface area contributed by atoms with Crippen molar-refractivity contribution in [3.05, 3.63) is 53.1 Å². The molecule has 0 saturated carbocycles. The van der Waals surface area contributed by atoms with E-state index in [4.69, 9.17) is 25.8 Å². The van der Waals surface area contributed by atoms with Crippen LogP contribution in [0.5, 0.6) is 11.5 Å². The number of amides is 1. The van der Waals surface area contributed by atoms with Gasteiger partial charge in [0.25, 0.3) is 5.91 Å². The zero-order valence-corrected chi connectivity index (χ0v) is 16.4. The molecular weight excluding hydrogens is 370 g/mol. The molecule has 2 aromatic rings. The topological polar surface area (TPSA) is 65.1 Å². The Kier molecular flexibility index (Phi) is 7.07. The van der Waals surface area contributed by atoms with Crippen molar-refractivity contribution < 1.29 is 23.8 Å². The van der Waals surface area contributed by atoms with Crippen LogP contribution in [0.3, 0.4) is 0 Å². The minimum Gasteiger partial charge on any atom is -0.493 e. The molecular formula is C20H22ClNO5. The maximum Gasteiger partial charge on any atom is 0.339 e. The number of carbonyl (C=O) groups excluding carboxylic acids is 2. The molecule has 0 aliphatic heterocycles. The van der Waals surface area contributed by atoms with Crippen molar-refractivity contribution >= 4 is 29.2 Å². The SMILES string of the molecule is CCOc1c(Cl)cc(C(=O)O[C@@H](C)C(=O)N(C)c2ccccc2)cc1OC. The van der Waals surface area contributed by atoms with Crippen molar-refractivity contribution in [2.45, 2.75) is 20.0 Å². The van der Waals surface area contributed by atoms with Crippen molar-refractivity contribution in [2.75, 3.05) is 25.7 Å². The lowest BCUT2D eigenvalue weighted by atomic mass is 10.2. The number of ether oxygens (including phenoxy) is 3. The van der Waals surface area contributed by atoms with Crippen molar-refractivity contribution in [3.8, 4) is 11.5 Å². The van der Waals surface area contributed by atoms with Gasteiger partial charge in [-0.25, -0.2) is 4.79 Å². The second kappa shape index (κ2) is 9.28. The van der Waals surface area contributed by atoms with Gasteiger partial charge in [-0.1, -0.05) is 29.8 Å². The molecule has 0 unspecified atom stereocenters. The third-order valence-electron chi connectivity index (χ3n) is 3.86. The second-order valence-corrected chi connectivity index (χ2v) is 6.11. The molecule has 7 heteroatoms. The molecule has 2 rings (SSSR count). The maximum absolute atomic E-state index is 12.5. The molecule has 2 aromatic carbocycles. The van der Waals surface area contributed by atoms with E-state index >= 15 is 0 Å². The smallest absolute Gasteiger partial charge is 0.339 e. The molecule has 1 amide bonds. The van der Waals surface area contributed by atoms with Crippen LogP contribution in [0.15, 0.2) is 42.5 Å². The zero-order valence-electron chi connectivity index (χ0n) is 15.7. The highest BCUT2D eigenvalue weighted by Crippen LogP contribution is 2.36. The van der Waals surface area contributed by atoms with E-state index in [0.29, 0.717) is 23.8 Å². The quantitative estimate of drug-likeness (QED) is 0.668. The van der Waals surface area contributed by atoms with Gasteiger partial charge in [-0.2, -0.15) is 0 Å². The van der Waals surface area contributed by atoms with E-state index in [1.807, 2.05) is 25.1 Å². The summed E-state index contributed by atoms with van der Waals surface area (Å²) in [5, 5.41) is 0.225. The van der Waals surface area contributed by atoms with E-state index < -0.39 is 12.1 Å². The molecule has 0 bridgehead atoms. The lowest BCUT2D eigenvalue weighted by molar-refractivity contribution is -0.126. The highest BCUT2D eigenvalue weighted by molar-refractivity contribution is 6.32. The Labute approximate surface area is 163 Å². The van der Waals surface area contributed by atoms with Crippen LogP contribution in [0.2, 0.25) is 5.02 Å². The summed E-state index contributed by atoms with van der Waals surface area (Å²) in [6, 6.07) is 12.0. The molecule has 6 nitrogen and oxygen atoms in total. The first kappa shape index (κ1) is 20.6. The number of para-hydroxylation sites is 1. The summed E-state index contributed by atoms with van der Waals surface area (Å²) >= 11 is 6.18. The number of methoxy groups -OCH3 is 1. The second-order valence-electron chi connectivity index (χ2n) is 5.70. The van der Waals surface area contributed by atoms with Crippen molar-refractivity contribution in [2.24, 2.45) is 0 Å². The Hall–Kier alpha value is -2.73. The molecule has 0 aliphatic carbocycles. The predicted molar refractivity (Wildman–Crippen MR) is 104 cm³/mol. The molecule has 0 N–H and O–H groups in total. The van der Waals surface area contributed by atoms with Gasteiger partial charge < -0.3 is 19.1 Å². The van der Waals surface area contributed by atoms with Gasteiger partial charge in [0, 0.05) is 12.7 Å². The summed E-state index contributed by atoms with van der Waals surface area (Å²) in [4.78, 5) is 26.4. The van der Waals surface area contributed by atoms with Crippen LogP contribution in [0, 0.1) is 0 Å². The molecule has 144 valence electrons. The van der Waals surface area contributed by atoms with Gasteiger partial charge in [-0.3, -0.25) is 4.79 Å². The fourth-order valence-electron chi connectivity index (χ4n) is 2.45. The molecule has 0 saturated heterocycles. The minimum absolute atomic E-state index is 0.169. The van der Waals surface area contributed by atoms with Crippen LogP contribution in [-0.4, -0.2) is 38.7 Å². The number of hydrogen-bond acceptors (Lipinski definition) is 5. The van der Waals surface area contributed by atoms with Crippen LogP contribution in [0.4, 0.5) is 5.69 Å². The van der Waals surface area contributed by atoms with Crippen molar-refractivity contribution in [1.82, 2.24) is 0 Å². The number of nitrogens with zero attached hydrogens (tertiary/aromatic N) is 1. The summed E-state index contributed by atoms with van der Waals surface area (Å²) in [6.07, 6.45) is -0.973. The Morgan fingerprint density at radius 2 is 1.85 bits per heavy atom. The summed E-state index contributed by atoms with van der Waals surface area (Å²) in [5.74, 6) is -0.359. The fraction of sp³-hybridized carbons (Fsp3) is 0.300. The first-order valence-electron chi connectivity index (χ1n) is 8.43. The van der Waals surface area contributed by atoms with Gasteiger partial charge in [0.1, 0.15) is 0 Å². The standard InChI is InChI=1S/C20H22ClNO5/c1-5-26-18-16(21)11-14(12-17(18)25-4)20(24)27-13(2)19(23)22(3)15-9-7-6-8-10-15/h6-13H,5H2,1-4H3/t13-/m0/s1. The molecule has 0 aliphatic rings. The van der Waals surface area contributed by atoms with Crippen LogP contribution in [-0.2, 0) is 9.53 Å². The number of likely N-dealkylation sites (N-methyl/N-ethyl adjacent to an activating group) is 1. The van der Waals surface area contributed by atoms with E-state index in [-0.39, 0.29) is 16.5 Å². The Bertz CT molecular complexity index is 810. The molecule has 1 atom stereocenters. The Balaban J connectivity index is 2.14. The first-order valence-corrected chi connectivity index (χ1v) is 8.80. The van der Waals surface area contributed by atoms with E-state index in [1.165, 1.54) is 31.1 Å².